The van der Waals surface area contributed by atoms with Crippen LogP contribution in [-0.4, -0.2) is 33.1 Å². The van der Waals surface area contributed by atoms with E-state index in [9.17, 15) is 4.79 Å². The van der Waals surface area contributed by atoms with E-state index >= 15 is 0 Å². The summed E-state index contributed by atoms with van der Waals surface area (Å²) >= 11 is 0. The lowest BCUT2D eigenvalue weighted by Gasteiger charge is -2.31. The van der Waals surface area contributed by atoms with Gasteiger partial charge in [0.15, 0.2) is 17.6 Å². The van der Waals surface area contributed by atoms with E-state index in [1.807, 2.05) is 74.5 Å². The van der Waals surface area contributed by atoms with E-state index in [4.69, 9.17) is 28.4 Å². The van der Waals surface area contributed by atoms with Crippen LogP contribution in [0, 0.1) is 0 Å². The van der Waals surface area contributed by atoms with Crippen LogP contribution in [0.1, 0.15) is 36.6 Å². The van der Waals surface area contributed by atoms with Crippen LogP contribution in [0.15, 0.2) is 66.2 Å². The molecule has 2 aliphatic heterocycles. The second-order valence-corrected chi connectivity index (χ2v) is 8.44. The lowest BCUT2D eigenvalue weighted by molar-refractivity contribution is -0.137. The van der Waals surface area contributed by atoms with Crippen LogP contribution in [0.4, 0.5) is 0 Å². The van der Waals surface area contributed by atoms with Gasteiger partial charge in [0.25, 0.3) is 0 Å². The van der Waals surface area contributed by atoms with Crippen molar-refractivity contribution < 1.29 is 33.2 Å². The van der Waals surface area contributed by atoms with Gasteiger partial charge in [0.2, 0.25) is 6.79 Å². The second kappa shape index (κ2) is 9.25. The molecule has 0 fully saturated rings. The highest BCUT2D eigenvalue weighted by Crippen LogP contribution is 2.48. The number of carbonyl (C=O) groups excluding carboxylic acids is 1. The summed E-state index contributed by atoms with van der Waals surface area (Å²) in [5.74, 6) is 2.79. The van der Waals surface area contributed by atoms with Crippen molar-refractivity contribution in [2.45, 2.75) is 26.1 Å². The molecule has 0 radical (unpaired) electrons. The minimum atomic E-state index is -0.724. The molecule has 5 rings (SSSR count). The zero-order valence-corrected chi connectivity index (χ0v) is 20.0. The SMILES string of the molecule is COC(=O)C1=C(c2ccc(OC)cc2)c2cc(OC(C)C)ccc2O[C@@H]1c1ccc2c(c1)OCO2. The number of fused-ring (bicyclic) bond motifs is 2. The average Bonchev–Trinajstić information content (AvgIpc) is 3.35. The van der Waals surface area contributed by atoms with Crippen molar-refractivity contribution in [1.82, 2.24) is 0 Å². The van der Waals surface area contributed by atoms with Gasteiger partial charge in [0, 0.05) is 16.7 Å². The van der Waals surface area contributed by atoms with Gasteiger partial charge >= 0.3 is 5.97 Å². The van der Waals surface area contributed by atoms with Crippen LogP contribution in [0.25, 0.3) is 5.57 Å². The molecule has 180 valence electrons. The summed E-state index contributed by atoms with van der Waals surface area (Å²) in [6.07, 6.45) is -0.731. The first-order valence-corrected chi connectivity index (χ1v) is 11.3. The summed E-state index contributed by atoms with van der Waals surface area (Å²) in [6, 6.07) is 18.7. The van der Waals surface area contributed by atoms with Crippen molar-refractivity contribution in [3.8, 4) is 28.7 Å². The first-order valence-electron chi connectivity index (χ1n) is 11.3. The van der Waals surface area contributed by atoms with E-state index in [1.54, 1.807) is 7.11 Å². The number of esters is 1. The second-order valence-electron chi connectivity index (χ2n) is 8.44. The Labute approximate surface area is 203 Å². The number of hydrogen-bond acceptors (Lipinski definition) is 7. The van der Waals surface area contributed by atoms with Crippen molar-refractivity contribution >= 4 is 11.5 Å². The Hall–Kier alpha value is -4.13. The highest BCUT2D eigenvalue weighted by molar-refractivity contribution is 6.04. The van der Waals surface area contributed by atoms with Crippen molar-refractivity contribution in [3.05, 3.63) is 82.9 Å². The van der Waals surface area contributed by atoms with E-state index < -0.39 is 12.1 Å². The fraction of sp³-hybridized carbons (Fsp3) is 0.250. The molecule has 3 aromatic carbocycles. The molecule has 0 aromatic heterocycles. The van der Waals surface area contributed by atoms with Crippen LogP contribution >= 0.6 is 0 Å². The maximum absolute atomic E-state index is 13.3. The van der Waals surface area contributed by atoms with Crippen LogP contribution in [0.3, 0.4) is 0 Å². The molecular weight excluding hydrogens is 448 g/mol. The number of carbonyl (C=O) groups is 1. The van der Waals surface area contributed by atoms with Gasteiger partial charge in [-0.25, -0.2) is 4.79 Å². The van der Waals surface area contributed by atoms with Crippen LogP contribution in [0.2, 0.25) is 0 Å². The summed E-state index contributed by atoms with van der Waals surface area (Å²) in [5.41, 5.74) is 3.39. The minimum absolute atomic E-state index is 0.00701. The molecule has 7 nitrogen and oxygen atoms in total. The third kappa shape index (κ3) is 4.25. The minimum Gasteiger partial charge on any atom is -0.497 e. The first-order chi connectivity index (χ1) is 17.0. The third-order valence-electron chi connectivity index (χ3n) is 5.85. The van der Waals surface area contributed by atoms with Gasteiger partial charge in [0.1, 0.15) is 17.2 Å². The molecular formula is C28H26O7. The van der Waals surface area contributed by atoms with E-state index in [0.29, 0.717) is 39.9 Å². The molecule has 2 heterocycles. The normalized spacial score (nSPS) is 16.0. The molecule has 0 unspecified atom stereocenters. The topological polar surface area (TPSA) is 72.5 Å². The van der Waals surface area contributed by atoms with Gasteiger partial charge in [-0.15, -0.1) is 0 Å². The third-order valence-corrected chi connectivity index (χ3v) is 5.85. The van der Waals surface area contributed by atoms with Gasteiger partial charge in [-0.05, 0) is 61.9 Å². The lowest BCUT2D eigenvalue weighted by atomic mass is 9.85. The van der Waals surface area contributed by atoms with Gasteiger partial charge in [-0.2, -0.15) is 0 Å². The molecule has 0 spiro atoms. The van der Waals surface area contributed by atoms with Gasteiger partial charge in [-0.3, -0.25) is 0 Å². The van der Waals surface area contributed by atoms with Crippen molar-refractivity contribution in [2.24, 2.45) is 0 Å². The summed E-state index contributed by atoms with van der Waals surface area (Å²) in [7, 11) is 2.98. The Balaban J connectivity index is 1.74. The van der Waals surface area contributed by atoms with Gasteiger partial charge in [0.05, 0.1) is 25.9 Å². The Bertz CT molecular complexity index is 1290. The molecule has 0 saturated carbocycles. The van der Waals surface area contributed by atoms with E-state index in [2.05, 4.69) is 0 Å². The summed E-state index contributed by atoms with van der Waals surface area (Å²) in [6.45, 7) is 4.08. The highest BCUT2D eigenvalue weighted by Gasteiger charge is 2.36. The molecule has 35 heavy (non-hydrogen) atoms. The zero-order valence-electron chi connectivity index (χ0n) is 20.0. The maximum Gasteiger partial charge on any atom is 0.338 e. The monoisotopic (exact) mass is 474 g/mol. The molecule has 0 amide bonds. The molecule has 0 bridgehead atoms. The van der Waals surface area contributed by atoms with Crippen LogP contribution in [-0.2, 0) is 9.53 Å². The predicted octanol–water partition coefficient (Wildman–Crippen LogP) is 5.32. The standard InChI is InChI=1S/C28H26O7/c1-16(2)34-20-10-12-22-21(14-20)25(17-5-8-19(30-3)9-6-17)26(28(29)31-4)27(35-22)18-7-11-23-24(13-18)33-15-32-23/h5-14,16,27H,15H2,1-4H3/t27-/m1/s1. The van der Waals surface area contributed by atoms with Gasteiger partial charge in [-0.1, -0.05) is 18.2 Å². The Kier molecular flexibility index (Phi) is 5.99. The maximum atomic E-state index is 13.3. The summed E-state index contributed by atoms with van der Waals surface area (Å²) in [5, 5.41) is 0. The van der Waals surface area contributed by atoms with E-state index in [1.165, 1.54) is 7.11 Å². The van der Waals surface area contributed by atoms with Crippen molar-refractivity contribution in [3.63, 3.8) is 0 Å². The molecule has 0 N–H and O–H groups in total. The molecule has 7 heteroatoms. The molecule has 1 atom stereocenters. The smallest absolute Gasteiger partial charge is 0.338 e. The first kappa shape index (κ1) is 22.7. The molecule has 0 saturated heterocycles. The summed E-state index contributed by atoms with van der Waals surface area (Å²) in [4.78, 5) is 13.3. The number of ether oxygens (including phenoxy) is 6. The fourth-order valence-electron chi connectivity index (χ4n) is 4.31. The molecule has 2 aliphatic rings. The fourth-order valence-corrected chi connectivity index (χ4v) is 4.31. The number of methoxy groups -OCH3 is 2. The predicted molar refractivity (Wildman–Crippen MR) is 129 cm³/mol. The summed E-state index contributed by atoms with van der Waals surface area (Å²) < 4.78 is 34.0. The van der Waals surface area contributed by atoms with Crippen LogP contribution in [0.5, 0.6) is 28.7 Å². The van der Waals surface area contributed by atoms with Crippen molar-refractivity contribution in [2.75, 3.05) is 21.0 Å². The average molecular weight is 475 g/mol. The zero-order chi connectivity index (χ0) is 24.5. The van der Waals surface area contributed by atoms with E-state index in [0.717, 1.165) is 16.7 Å². The van der Waals surface area contributed by atoms with Crippen molar-refractivity contribution in [1.29, 1.82) is 0 Å². The Morgan fingerprint density at radius 2 is 1.60 bits per heavy atom. The molecule has 3 aromatic rings. The van der Waals surface area contributed by atoms with Crippen LogP contribution < -0.4 is 23.7 Å². The number of hydrogen-bond donors (Lipinski definition) is 0. The quantitative estimate of drug-likeness (QED) is 0.448. The van der Waals surface area contributed by atoms with Gasteiger partial charge < -0.3 is 28.4 Å². The number of benzene rings is 3. The van der Waals surface area contributed by atoms with E-state index in [-0.39, 0.29) is 12.9 Å². The molecule has 0 aliphatic carbocycles. The largest absolute Gasteiger partial charge is 0.497 e. The highest BCUT2D eigenvalue weighted by atomic mass is 16.7. The number of rotatable bonds is 6. The lowest BCUT2D eigenvalue weighted by Crippen LogP contribution is -2.24. The Morgan fingerprint density at radius 3 is 2.31 bits per heavy atom. The Morgan fingerprint density at radius 1 is 0.886 bits per heavy atom.